The van der Waals surface area contributed by atoms with Crippen molar-refractivity contribution in [1.82, 2.24) is 0 Å². The molecule has 0 radical (unpaired) electrons. The van der Waals surface area contributed by atoms with Crippen molar-refractivity contribution in [3.05, 3.63) is 89.5 Å². The zero-order chi connectivity index (χ0) is 19.7. The summed E-state index contributed by atoms with van der Waals surface area (Å²) in [5.41, 5.74) is 3.85. The molecule has 0 bridgehead atoms. The predicted molar refractivity (Wildman–Crippen MR) is 106 cm³/mol. The number of rotatable bonds is 5. The van der Waals surface area contributed by atoms with Gasteiger partial charge in [0.25, 0.3) is 0 Å². The van der Waals surface area contributed by atoms with Crippen LogP contribution < -0.4 is 5.32 Å². The van der Waals surface area contributed by atoms with Gasteiger partial charge in [-0.2, -0.15) is 0 Å². The highest BCUT2D eigenvalue weighted by Gasteiger charge is 2.50. The van der Waals surface area contributed by atoms with E-state index >= 15 is 0 Å². The van der Waals surface area contributed by atoms with Crippen LogP contribution in [0.25, 0.3) is 11.1 Å². The molecule has 3 aromatic carbocycles. The van der Waals surface area contributed by atoms with E-state index in [1.807, 2.05) is 48.5 Å². The van der Waals surface area contributed by atoms with Crippen LogP contribution in [0, 0.1) is 0 Å². The van der Waals surface area contributed by atoms with Crippen LogP contribution in [-0.4, -0.2) is 24.2 Å². The van der Waals surface area contributed by atoms with E-state index in [0.29, 0.717) is 11.3 Å². The van der Waals surface area contributed by atoms with Gasteiger partial charge in [-0.15, -0.1) is 0 Å². The summed E-state index contributed by atoms with van der Waals surface area (Å²) in [5, 5.41) is 12.3. The number of hydrogen-bond donors (Lipinski definition) is 2. The Hall–Kier alpha value is -3.60. The second-order valence-electron chi connectivity index (χ2n) is 6.73. The van der Waals surface area contributed by atoms with Crippen LogP contribution >= 0.6 is 0 Å². The van der Waals surface area contributed by atoms with Gasteiger partial charge in [0.1, 0.15) is 0 Å². The summed E-state index contributed by atoms with van der Waals surface area (Å²) < 4.78 is 5.22. The van der Waals surface area contributed by atoms with Crippen molar-refractivity contribution >= 4 is 17.6 Å². The summed E-state index contributed by atoms with van der Waals surface area (Å²) in [6.07, 6.45) is -0.0475. The Labute approximate surface area is 162 Å². The molecule has 0 unspecified atom stereocenters. The van der Waals surface area contributed by atoms with Gasteiger partial charge in [-0.05, 0) is 28.8 Å². The summed E-state index contributed by atoms with van der Waals surface area (Å²) in [5.74, 6) is -1.29. The molecule has 0 heterocycles. The molecule has 3 aromatic rings. The molecule has 28 heavy (non-hydrogen) atoms. The van der Waals surface area contributed by atoms with Crippen LogP contribution in [0.3, 0.4) is 0 Å². The number of esters is 1. The molecular formula is C23H19NO4. The number of carboxylic acids is 1. The van der Waals surface area contributed by atoms with Gasteiger partial charge < -0.3 is 15.2 Å². The molecule has 140 valence electrons. The van der Waals surface area contributed by atoms with E-state index in [4.69, 9.17) is 9.84 Å². The molecule has 1 aliphatic carbocycles. The van der Waals surface area contributed by atoms with E-state index in [9.17, 15) is 9.59 Å². The smallest absolute Gasteiger partial charge is 0.341 e. The van der Waals surface area contributed by atoms with E-state index in [2.05, 4.69) is 5.32 Å². The van der Waals surface area contributed by atoms with E-state index in [-0.39, 0.29) is 6.42 Å². The van der Waals surface area contributed by atoms with Crippen molar-refractivity contribution in [1.29, 1.82) is 0 Å². The molecule has 0 aromatic heterocycles. The Morgan fingerprint density at radius 3 is 1.93 bits per heavy atom. The maximum atomic E-state index is 13.1. The number of aliphatic carboxylic acids is 1. The second-order valence-corrected chi connectivity index (χ2v) is 6.73. The third-order valence-corrected chi connectivity index (χ3v) is 5.09. The highest BCUT2D eigenvalue weighted by Crippen LogP contribution is 2.49. The van der Waals surface area contributed by atoms with Gasteiger partial charge in [0.15, 0.2) is 5.54 Å². The fraction of sp³-hybridized carbons (Fsp3) is 0.130. The van der Waals surface area contributed by atoms with E-state index < -0.39 is 17.5 Å². The molecule has 4 rings (SSSR count). The van der Waals surface area contributed by atoms with Gasteiger partial charge in [-0.1, -0.05) is 60.7 Å². The average Bonchev–Trinajstić information content (AvgIpc) is 3.00. The number of fused-ring (bicyclic) bond motifs is 3. The van der Waals surface area contributed by atoms with Crippen molar-refractivity contribution in [2.24, 2.45) is 0 Å². The largest absolute Gasteiger partial charge is 0.481 e. The molecule has 5 heteroatoms. The molecule has 0 atom stereocenters. The molecule has 0 fully saturated rings. The minimum Gasteiger partial charge on any atom is -0.481 e. The monoisotopic (exact) mass is 373 g/mol. The SMILES string of the molecule is COC(=O)C1(Nc2ccc(CC(=O)O)cc2)c2ccccc2-c2ccccc21. The molecule has 0 saturated heterocycles. The van der Waals surface area contributed by atoms with Gasteiger partial charge in [0, 0.05) is 16.8 Å². The summed E-state index contributed by atoms with van der Waals surface area (Å²) in [4.78, 5) is 24.0. The Kier molecular flexibility index (Phi) is 4.35. The fourth-order valence-electron chi connectivity index (χ4n) is 3.89. The minimum absolute atomic E-state index is 0.0475. The Morgan fingerprint density at radius 1 is 0.893 bits per heavy atom. The number of benzene rings is 3. The van der Waals surface area contributed by atoms with E-state index in [1.165, 1.54) is 7.11 Å². The quantitative estimate of drug-likeness (QED) is 0.665. The summed E-state index contributed by atoms with van der Waals surface area (Å²) in [6.45, 7) is 0. The third kappa shape index (κ3) is 2.72. The van der Waals surface area contributed by atoms with Crippen molar-refractivity contribution < 1.29 is 19.4 Å². The van der Waals surface area contributed by atoms with E-state index in [0.717, 1.165) is 22.3 Å². The zero-order valence-electron chi connectivity index (χ0n) is 15.3. The van der Waals surface area contributed by atoms with Gasteiger partial charge in [-0.25, -0.2) is 4.79 Å². The highest BCUT2D eigenvalue weighted by atomic mass is 16.5. The Bertz CT molecular complexity index is 1010. The van der Waals surface area contributed by atoms with Crippen molar-refractivity contribution in [2.75, 3.05) is 12.4 Å². The second kappa shape index (κ2) is 6.85. The molecular weight excluding hydrogens is 354 g/mol. The van der Waals surface area contributed by atoms with Crippen LogP contribution in [0.2, 0.25) is 0 Å². The summed E-state index contributed by atoms with van der Waals surface area (Å²) >= 11 is 0. The van der Waals surface area contributed by atoms with Gasteiger partial charge in [0.2, 0.25) is 0 Å². The first-order valence-electron chi connectivity index (χ1n) is 8.93. The normalized spacial score (nSPS) is 13.3. The summed E-state index contributed by atoms with van der Waals surface area (Å²) in [7, 11) is 1.38. The lowest BCUT2D eigenvalue weighted by atomic mass is 9.87. The number of carbonyl (C=O) groups is 2. The average molecular weight is 373 g/mol. The van der Waals surface area contributed by atoms with Crippen molar-refractivity contribution in [2.45, 2.75) is 12.0 Å². The first-order valence-corrected chi connectivity index (χ1v) is 8.93. The lowest BCUT2D eigenvalue weighted by Crippen LogP contribution is -2.43. The van der Waals surface area contributed by atoms with Gasteiger partial charge in [-0.3, -0.25) is 4.79 Å². The first kappa shape index (κ1) is 17.8. The Balaban J connectivity index is 1.85. The lowest BCUT2D eigenvalue weighted by Gasteiger charge is -2.31. The maximum Gasteiger partial charge on any atom is 0.341 e. The van der Waals surface area contributed by atoms with Crippen LogP contribution in [0.1, 0.15) is 16.7 Å². The van der Waals surface area contributed by atoms with Gasteiger partial charge in [0.05, 0.1) is 13.5 Å². The number of nitrogens with one attached hydrogen (secondary N) is 1. The van der Waals surface area contributed by atoms with Crippen LogP contribution in [0.15, 0.2) is 72.8 Å². The number of ether oxygens (including phenoxy) is 1. The highest BCUT2D eigenvalue weighted by molar-refractivity contribution is 6.00. The van der Waals surface area contributed by atoms with Crippen molar-refractivity contribution in [3.63, 3.8) is 0 Å². The van der Waals surface area contributed by atoms with Crippen LogP contribution in [0.5, 0.6) is 0 Å². The van der Waals surface area contributed by atoms with Crippen molar-refractivity contribution in [3.8, 4) is 11.1 Å². The molecule has 0 spiro atoms. The maximum absolute atomic E-state index is 13.1. The number of carboxylic acid groups (broad SMARTS) is 1. The molecule has 0 saturated carbocycles. The van der Waals surface area contributed by atoms with Crippen LogP contribution in [-0.2, 0) is 26.3 Å². The Morgan fingerprint density at radius 2 is 1.43 bits per heavy atom. The fourth-order valence-corrected chi connectivity index (χ4v) is 3.89. The molecule has 1 aliphatic rings. The molecule has 5 nitrogen and oxygen atoms in total. The number of methoxy groups -OCH3 is 1. The zero-order valence-corrected chi connectivity index (χ0v) is 15.3. The van der Waals surface area contributed by atoms with Crippen LogP contribution in [0.4, 0.5) is 5.69 Å². The summed E-state index contributed by atoms with van der Waals surface area (Å²) in [6, 6.07) is 22.6. The van der Waals surface area contributed by atoms with Gasteiger partial charge >= 0.3 is 11.9 Å². The topological polar surface area (TPSA) is 75.6 Å². The molecule has 0 aliphatic heterocycles. The van der Waals surface area contributed by atoms with E-state index in [1.54, 1.807) is 24.3 Å². The lowest BCUT2D eigenvalue weighted by molar-refractivity contribution is -0.144. The number of carbonyl (C=O) groups excluding carboxylic acids is 1. The molecule has 2 N–H and O–H groups in total. The first-order chi connectivity index (χ1) is 13.6. The third-order valence-electron chi connectivity index (χ3n) is 5.09. The molecule has 0 amide bonds. The number of hydrogen-bond acceptors (Lipinski definition) is 4. The standard InChI is InChI=1S/C23H19NO4/c1-28-22(27)23(24-16-12-10-15(11-13-16)14-21(25)26)19-8-4-2-6-17(19)18-7-3-5-9-20(18)23/h2-13,24H,14H2,1H3,(H,25,26). The number of anilines is 1. The minimum atomic E-state index is -1.17. The predicted octanol–water partition coefficient (Wildman–Crippen LogP) is 3.82.